The van der Waals surface area contributed by atoms with Crippen molar-refractivity contribution in [3.8, 4) is 5.69 Å². The summed E-state index contributed by atoms with van der Waals surface area (Å²) >= 11 is 0. The Balaban J connectivity index is 1.56. The fourth-order valence-electron chi connectivity index (χ4n) is 4.50. The molecule has 0 saturated heterocycles. The van der Waals surface area contributed by atoms with Gasteiger partial charge in [0.15, 0.2) is 0 Å². The first-order valence-electron chi connectivity index (χ1n) is 12.8. The van der Waals surface area contributed by atoms with Gasteiger partial charge in [-0.1, -0.05) is 62.4 Å². The number of benzene rings is 3. The lowest BCUT2D eigenvalue weighted by atomic mass is 10.0. The van der Waals surface area contributed by atoms with Gasteiger partial charge in [0, 0.05) is 22.6 Å². The summed E-state index contributed by atoms with van der Waals surface area (Å²) in [4.78, 5) is 13.1. The molecule has 0 spiro atoms. The van der Waals surface area contributed by atoms with E-state index < -0.39 is 22.5 Å². The molecule has 4 rings (SSSR count). The van der Waals surface area contributed by atoms with E-state index in [0.717, 1.165) is 38.1 Å². The van der Waals surface area contributed by atoms with E-state index in [-0.39, 0.29) is 4.90 Å². The second kappa shape index (κ2) is 11.7. The number of amides is 1. The van der Waals surface area contributed by atoms with Crippen molar-refractivity contribution in [2.24, 2.45) is 5.10 Å². The van der Waals surface area contributed by atoms with Crippen molar-refractivity contribution in [1.82, 2.24) is 9.99 Å². The van der Waals surface area contributed by atoms with Crippen molar-refractivity contribution < 1.29 is 13.2 Å². The third-order valence-corrected chi connectivity index (χ3v) is 8.47. The molecule has 0 aliphatic rings. The summed E-state index contributed by atoms with van der Waals surface area (Å²) in [7, 11) is -3.99. The molecule has 0 bridgehead atoms. The molecule has 7 nitrogen and oxygen atoms in total. The van der Waals surface area contributed by atoms with Crippen LogP contribution in [0.4, 0.5) is 5.69 Å². The van der Waals surface area contributed by atoms with Gasteiger partial charge < -0.3 is 4.57 Å². The van der Waals surface area contributed by atoms with Crippen LogP contribution in [-0.2, 0) is 14.8 Å². The molecule has 0 saturated carbocycles. The molecule has 0 fully saturated rings. The van der Waals surface area contributed by atoms with Crippen LogP contribution in [-0.4, -0.2) is 31.7 Å². The van der Waals surface area contributed by atoms with Gasteiger partial charge in [0.25, 0.3) is 15.9 Å². The van der Waals surface area contributed by atoms with Crippen molar-refractivity contribution in [3.05, 3.63) is 113 Å². The number of carbonyl (C=O) groups is 1. The van der Waals surface area contributed by atoms with Crippen LogP contribution in [0.1, 0.15) is 47.8 Å². The molecule has 1 N–H and O–H groups in total. The molecule has 0 atom stereocenters. The fourth-order valence-corrected chi connectivity index (χ4v) is 5.95. The van der Waals surface area contributed by atoms with E-state index in [0.29, 0.717) is 11.6 Å². The standard InChI is InChI=1S/C31H34N4O3S/c1-22(2)26-15-17-28(18-16-26)34(39(37,38)29-12-7-6-8-13-29)21-31(36)33-32-20-27-19-24(4)35(25(27)5)30-14-10-9-11-23(30)3/h6-20,22H,21H2,1-5H3,(H,33,36)/b32-20+. The predicted molar refractivity (Wildman–Crippen MR) is 157 cm³/mol. The monoisotopic (exact) mass is 542 g/mol. The fraction of sp³-hybridized carbons (Fsp3) is 0.226. The van der Waals surface area contributed by atoms with Gasteiger partial charge in [0.05, 0.1) is 16.8 Å². The lowest BCUT2D eigenvalue weighted by Gasteiger charge is -2.24. The van der Waals surface area contributed by atoms with Crippen molar-refractivity contribution in [2.45, 2.75) is 45.4 Å². The summed E-state index contributed by atoms with van der Waals surface area (Å²) < 4.78 is 30.3. The normalized spacial score (nSPS) is 11.7. The number of sulfonamides is 1. The van der Waals surface area contributed by atoms with Crippen molar-refractivity contribution in [3.63, 3.8) is 0 Å². The minimum atomic E-state index is -3.99. The smallest absolute Gasteiger partial charge is 0.264 e. The van der Waals surface area contributed by atoms with E-state index in [1.165, 1.54) is 12.1 Å². The number of aryl methyl sites for hydroxylation is 2. The Bertz CT molecular complexity index is 1590. The first-order valence-corrected chi connectivity index (χ1v) is 14.3. The van der Waals surface area contributed by atoms with Crippen LogP contribution in [0.15, 0.2) is 94.9 Å². The number of carbonyl (C=O) groups excluding carboxylic acids is 1. The molecule has 3 aromatic carbocycles. The van der Waals surface area contributed by atoms with Crippen LogP contribution in [0.2, 0.25) is 0 Å². The Hall–Kier alpha value is -4.17. The highest BCUT2D eigenvalue weighted by atomic mass is 32.2. The van der Waals surface area contributed by atoms with Gasteiger partial charge in [0.2, 0.25) is 0 Å². The highest BCUT2D eigenvalue weighted by molar-refractivity contribution is 7.92. The summed E-state index contributed by atoms with van der Waals surface area (Å²) in [6.45, 7) is 9.80. The second-order valence-electron chi connectivity index (χ2n) is 9.81. The lowest BCUT2D eigenvalue weighted by Crippen LogP contribution is -2.39. The van der Waals surface area contributed by atoms with E-state index in [4.69, 9.17) is 0 Å². The van der Waals surface area contributed by atoms with Crippen LogP contribution in [0.3, 0.4) is 0 Å². The van der Waals surface area contributed by atoms with Crippen molar-refractivity contribution in [2.75, 3.05) is 10.8 Å². The number of rotatable bonds is 9. The molecule has 4 aromatic rings. The number of aromatic nitrogens is 1. The molecule has 0 radical (unpaired) electrons. The minimum absolute atomic E-state index is 0.109. The van der Waals surface area contributed by atoms with E-state index in [2.05, 4.69) is 48.0 Å². The average Bonchev–Trinajstić information content (AvgIpc) is 3.20. The largest absolute Gasteiger partial charge is 0.318 e. The third-order valence-electron chi connectivity index (χ3n) is 6.69. The maximum absolute atomic E-state index is 13.5. The molecule has 0 aliphatic heterocycles. The summed E-state index contributed by atoms with van der Waals surface area (Å²) in [5.74, 6) is -0.255. The Morgan fingerprint density at radius 3 is 2.23 bits per heavy atom. The summed E-state index contributed by atoms with van der Waals surface area (Å²) in [5.41, 5.74) is 9.11. The van der Waals surface area contributed by atoms with E-state index in [1.54, 1.807) is 36.5 Å². The first kappa shape index (κ1) is 27.9. The highest BCUT2D eigenvalue weighted by Crippen LogP contribution is 2.26. The van der Waals surface area contributed by atoms with E-state index >= 15 is 0 Å². The molecule has 8 heteroatoms. The summed E-state index contributed by atoms with van der Waals surface area (Å²) in [6, 6.07) is 25.5. The predicted octanol–water partition coefficient (Wildman–Crippen LogP) is 5.87. The van der Waals surface area contributed by atoms with Crippen LogP contribution in [0, 0.1) is 20.8 Å². The van der Waals surface area contributed by atoms with Gasteiger partial charge in [-0.15, -0.1) is 0 Å². The molecule has 39 heavy (non-hydrogen) atoms. The second-order valence-corrected chi connectivity index (χ2v) is 11.7. The topological polar surface area (TPSA) is 83.8 Å². The minimum Gasteiger partial charge on any atom is -0.318 e. The Morgan fingerprint density at radius 1 is 0.949 bits per heavy atom. The number of para-hydroxylation sites is 1. The van der Waals surface area contributed by atoms with Gasteiger partial charge in [0.1, 0.15) is 6.54 Å². The third kappa shape index (κ3) is 6.12. The van der Waals surface area contributed by atoms with Crippen molar-refractivity contribution in [1.29, 1.82) is 0 Å². The summed E-state index contributed by atoms with van der Waals surface area (Å²) in [6.07, 6.45) is 1.59. The van der Waals surface area contributed by atoms with Gasteiger partial charge in [-0.25, -0.2) is 13.8 Å². The van der Waals surface area contributed by atoms with Crippen LogP contribution in [0.25, 0.3) is 5.69 Å². The molecule has 1 heterocycles. The number of nitrogens with one attached hydrogen (secondary N) is 1. The van der Waals surface area contributed by atoms with Crippen LogP contribution >= 0.6 is 0 Å². The first-order chi connectivity index (χ1) is 18.6. The molecular formula is C31H34N4O3S. The Morgan fingerprint density at radius 2 is 1.59 bits per heavy atom. The van der Waals surface area contributed by atoms with Crippen molar-refractivity contribution >= 4 is 27.8 Å². The van der Waals surface area contributed by atoms with Gasteiger partial charge >= 0.3 is 0 Å². The quantitative estimate of drug-likeness (QED) is 0.212. The highest BCUT2D eigenvalue weighted by Gasteiger charge is 2.27. The Labute approximate surface area is 230 Å². The Kier molecular flexibility index (Phi) is 8.35. The zero-order valence-electron chi connectivity index (χ0n) is 22.9. The van der Waals surface area contributed by atoms with Gasteiger partial charge in [-0.2, -0.15) is 5.10 Å². The molecule has 202 valence electrons. The molecule has 0 unspecified atom stereocenters. The van der Waals surface area contributed by atoms with Crippen LogP contribution in [0.5, 0.6) is 0 Å². The van der Waals surface area contributed by atoms with Gasteiger partial charge in [-0.05, 0) is 74.2 Å². The van der Waals surface area contributed by atoms with Gasteiger partial charge in [-0.3, -0.25) is 9.10 Å². The van der Waals surface area contributed by atoms with E-state index in [9.17, 15) is 13.2 Å². The molecule has 1 aromatic heterocycles. The summed E-state index contributed by atoms with van der Waals surface area (Å²) in [5, 5.41) is 4.15. The molecular weight excluding hydrogens is 508 g/mol. The average molecular weight is 543 g/mol. The van der Waals surface area contributed by atoms with Crippen LogP contribution < -0.4 is 9.73 Å². The zero-order chi connectivity index (χ0) is 28.2. The SMILES string of the molecule is Cc1ccccc1-n1c(C)cc(/C=N/NC(=O)CN(c2ccc(C(C)C)cc2)S(=O)(=O)c2ccccc2)c1C. The number of hydrogen-bond acceptors (Lipinski definition) is 4. The molecule has 0 aliphatic carbocycles. The zero-order valence-corrected chi connectivity index (χ0v) is 23.7. The molecule has 1 amide bonds. The number of hydrogen-bond donors (Lipinski definition) is 1. The van der Waals surface area contributed by atoms with E-state index in [1.807, 2.05) is 44.2 Å². The lowest BCUT2D eigenvalue weighted by molar-refractivity contribution is -0.119. The number of hydrazone groups is 1. The maximum atomic E-state index is 13.5. The number of nitrogens with zero attached hydrogens (tertiary/aromatic N) is 3. The number of anilines is 1. The maximum Gasteiger partial charge on any atom is 0.264 e.